The van der Waals surface area contributed by atoms with E-state index in [2.05, 4.69) is 5.32 Å². The van der Waals surface area contributed by atoms with Gasteiger partial charge in [0.2, 0.25) is 5.91 Å². The Morgan fingerprint density at radius 2 is 2.05 bits per heavy atom. The van der Waals surface area contributed by atoms with Crippen LogP contribution in [0.3, 0.4) is 0 Å². The topological polar surface area (TPSA) is 55.1 Å². The lowest BCUT2D eigenvalue weighted by atomic mass is 9.96. The van der Waals surface area contributed by atoms with E-state index < -0.39 is 5.54 Å². The molecule has 0 aliphatic heterocycles. The van der Waals surface area contributed by atoms with Crippen LogP contribution >= 0.6 is 35.6 Å². The summed E-state index contributed by atoms with van der Waals surface area (Å²) in [5, 5.41) is 4.17. The number of nitrogens with two attached hydrogens (primary N) is 1. The Balaban J connectivity index is 0.00000400. The molecule has 21 heavy (non-hydrogen) atoms. The lowest BCUT2D eigenvalue weighted by Gasteiger charge is -2.22. The summed E-state index contributed by atoms with van der Waals surface area (Å²) < 4.78 is 0. The highest BCUT2D eigenvalue weighted by atomic mass is 35.5. The van der Waals surface area contributed by atoms with Gasteiger partial charge in [0.1, 0.15) is 0 Å². The maximum atomic E-state index is 11.9. The van der Waals surface area contributed by atoms with Crippen LogP contribution in [-0.4, -0.2) is 18.0 Å². The summed E-state index contributed by atoms with van der Waals surface area (Å²) in [6, 6.07) is 5.46. The van der Waals surface area contributed by atoms with Crippen LogP contribution in [0.1, 0.15) is 38.7 Å². The second kappa shape index (κ2) is 9.52. The van der Waals surface area contributed by atoms with E-state index in [0.717, 1.165) is 24.8 Å². The van der Waals surface area contributed by atoms with E-state index in [1.54, 1.807) is 13.0 Å². The Labute approximate surface area is 143 Å². The van der Waals surface area contributed by atoms with Gasteiger partial charge in [0.05, 0.1) is 5.54 Å². The minimum absolute atomic E-state index is 0. The van der Waals surface area contributed by atoms with Crippen LogP contribution in [0.25, 0.3) is 0 Å². The quantitative estimate of drug-likeness (QED) is 0.728. The predicted octanol–water partition coefficient (Wildman–Crippen LogP) is 3.98. The van der Waals surface area contributed by atoms with Crippen molar-refractivity contribution in [2.75, 3.05) is 6.54 Å². The fourth-order valence-electron chi connectivity index (χ4n) is 2.04. The molecule has 0 aromatic heterocycles. The number of carbonyl (C=O) groups excluding carboxylic acids is 1. The summed E-state index contributed by atoms with van der Waals surface area (Å²) >= 11 is 11.9. The maximum Gasteiger partial charge on any atom is 0.239 e. The smallest absolute Gasteiger partial charge is 0.239 e. The van der Waals surface area contributed by atoms with Gasteiger partial charge in [0, 0.05) is 16.6 Å². The van der Waals surface area contributed by atoms with Gasteiger partial charge in [-0.1, -0.05) is 42.6 Å². The van der Waals surface area contributed by atoms with E-state index in [9.17, 15) is 4.79 Å². The van der Waals surface area contributed by atoms with Crippen molar-refractivity contribution in [2.45, 2.75) is 45.1 Å². The molecule has 0 radical (unpaired) electrons. The molecule has 0 spiro atoms. The first-order valence-electron chi connectivity index (χ1n) is 6.88. The van der Waals surface area contributed by atoms with Gasteiger partial charge in [0.25, 0.3) is 0 Å². The van der Waals surface area contributed by atoms with Crippen molar-refractivity contribution in [3.8, 4) is 0 Å². The first-order chi connectivity index (χ1) is 9.36. The van der Waals surface area contributed by atoms with Crippen LogP contribution in [-0.2, 0) is 11.2 Å². The summed E-state index contributed by atoms with van der Waals surface area (Å²) in [5.74, 6) is -0.0958. The van der Waals surface area contributed by atoms with Crippen molar-refractivity contribution in [1.29, 1.82) is 0 Å². The normalized spacial score (nSPS) is 13.2. The highest BCUT2D eigenvalue weighted by molar-refractivity contribution is 6.35. The van der Waals surface area contributed by atoms with E-state index in [4.69, 9.17) is 28.9 Å². The molecule has 0 fully saturated rings. The van der Waals surface area contributed by atoms with Crippen molar-refractivity contribution in [3.05, 3.63) is 33.8 Å². The molecular weight excluding hydrogens is 331 g/mol. The summed E-state index contributed by atoms with van der Waals surface area (Å²) in [5.41, 5.74) is 6.21. The van der Waals surface area contributed by atoms with Crippen LogP contribution in [0.15, 0.2) is 18.2 Å². The van der Waals surface area contributed by atoms with Gasteiger partial charge in [-0.2, -0.15) is 0 Å². The Hall–Kier alpha value is -0.480. The van der Waals surface area contributed by atoms with Crippen LogP contribution in [0.4, 0.5) is 0 Å². The fourth-order valence-corrected chi connectivity index (χ4v) is 2.54. The summed E-state index contributed by atoms with van der Waals surface area (Å²) in [6.07, 6.45) is 3.18. The number of nitrogens with one attached hydrogen (secondary N) is 1. The van der Waals surface area contributed by atoms with Crippen LogP contribution in [0.5, 0.6) is 0 Å². The Kier molecular flexibility index (Phi) is 9.30. The minimum Gasteiger partial charge on any atom is -0.355 e. The van der Waals surface area contributed by atoms with E-state index in [1.165, 1.54) is 0 Å². The average Bonchev–Trinajstić information content (AvgIpc) is 2.36. The lowest BCUT2D eigenvalue weighted by molar-refractivity contribution is -0.126. The van der Waals surface area contributed by atoms with Gasteiger partial charge < -0.3 is 11.1 Å². The molecule has 0 aliphatic carbocycles. The van der Waals surface area contributed by atoms with Crippen molar-refractivity contribution in [2.24, 2.45) is 5.73 Å². The van der Waals surface area contributed by atoms with Crippen molar-refractivity contribution < 1.29 is 4.79 Å². The average molecular weight is 354 g/mol. The third-order valence-electron chi connectivity index (χ3n) is 3.21. The zero-order valence-corrected chi connectivity index (χ0v) is 14.7. The molecule has 1 aromatic rings. The van der Waals surface area contributed by atoms with Gasteiger partial charge >= 0.3 is 0 Å². The Bertz CT molecular complexity index is 464. The molecule has 3 N–H and O–H groups in total. The number of halogens is 3. The summed E-state index contributed by atoms with van der Waals surface area (Å²) in [4.78, 5) is 11.9. The minimum atomic E-state index is -0.785. The molecular formula is C15H23Cl3N2O. The Morgan fingerprint density at radius 1 is 1.38 bits per heavy atom. The number of hydrogen-bond donors (Lipinski definition) is 2. The first kappa shape index (κ1) is 20.5. The maximum absolute atomic E-state index is 11.9. The van der Waals surface area contributed by atoms with Gasteiger partial charge in [-0.15, -0.1) is 12.4 Å². The molecule has 0 bridgehead atoms. The van der Waals surface area contributed by atoms with E-state index in [-0.39, 0.29) is 18.3 Å². The van der Waals surface area contributed by atoms with Crippen molar-refractivity contribution in [3.63, 3.8) is 0 Å². The number of benzene rings is 1. The van der Waals surface area contributed by atoms with E-state index in [0.29, 0.717) is 23.0 Å². The first-order valence-corrected chi connectivity index (χ1v) is 7.63. The van der Waals surface area contributed by atoms with Gasteiger partial charge in [0.15, 0.2) is 0 Å². The Morgan fingerprint density at radius 3 is 2.62 bits per heavy atom. The molecule has 1 rings (SSSR count). The third-order valence-corrected chi connectivity index (χ3v) is 3.80. The number of carbonyl (C=O) groups is 1. The number of amides is 1. The van der Waals surface area contributed by atoms with Crippen molar-refractivity contribution in [1.82, 2.24) is 5.32 Å². The number of hydrogen-bond acceptors (Lipinski definition) is 2. The molecule has 3 nitrogen and oxygen atoms in total. The zero-order valence-electron chi connectivity index (χ0n) is 12.4. The second-order valence-corrected chi connectivity index (χ2v) is 6.11. The molecule has 0 saturated heterocycles. The largest absolute Gasteiger partial charge is 0.355 e. The zero-order chi connectivity index (χ0) is 15.2. The van der Waals surface area contributed by atoms with Crippen molar-refractivity contribution >= 4 is 41.5 Å². The number of rotatable bonds is 7. The summed E-state index contributed by atoms with van der Waals surface area (Å²) in [6.45, 7) is 4.37. The fraction of sp³-hybridized carbons (Fsp3) is 0.533. The molecule has 1 amide bonds. The number of aryl methyl sites for hydroxylation is 1. The molecule has 0 heterocycles. The van der Waals surface area contributed by atoms with Gasteiger partial charge in [-0.3, -0.25) is 4.79 Å². The summed E-state index contributed by atoms with van der Waals surface area (Å²) in [7, 11) is 0. The molecule has 1 unspecified atom stereocenters. The molecule has 120 valence electrons. The van der Waals surface area contributed by atoms with Crippen LogP contribution in [0.2, 0.25) is 10.0 Å². The molecule has 0 saturated carbocycles. The highest BCUT2D eigenvalue weighted by Crippen LogP contribution is 2.21. The SMILES string of the molecule is CCCC(C)(N)C(=O)NCCCc1ccc(Cl)cc1Cl.Cl. The van der Waals surface area contributed by atoms with Crippen LogP contribution in [0, 0.1) is 0 Å². The molecule has 0 aliphatic rings. The third kappa shape index (κ3) is 6.88. The van der Waals surface area contributed by atoms with E-state index >= 15 is 0 Å². The molecule has 1 aromatic carbocycles. The highest BCUT2D eigenvalue weighted by Gasteiger charge is 2.26. The standard InChI is InChI=1S/C15H22Cl2N2O.ClH/c1-3-8-15(2,18)14(20)19-9-4-5-11-6-7-12(16)10-13(11)17;/h6-7,10H,3-5,8-9,18H2,1-2H3,(H,19,20);1H. The van der Waals surface area contributed by atoms with Gasteiger partial charge in [-0.25, -0.2) is 0 Å². The monoisotopic (exact) mass is 352 g/mol. The van der Waals surface area contributed by atoms with Crippen LogP contribution < -0.4 is 11.1 Å². The lowest BCUT2D eigenvalue weighted by Crippen LogP contribution is -2.51. The molecule has 6 heteroatoms. The van der Waals surface area contributed by atoms with E-state index in [1.807, 2.05) is 19.1 Å². The second-order valence-electron chi connectivity index (χ2n) is 5.26. The predicted molar refractivity (Wildman–Crippen MR) is 92.5 cm³/mol. The van der Waals surface area contributed by atoms with Gasteiger partial charge in [-0.05, 0) is 43.9 Å². The molecule has 1 atom stereocenters.